The van der Waals surface area contributed by atoms with Crippen LogP contribution in [0, 0.1) is 13.8 Å². The Morgan fingerprint density at radius 2 is 2.00 bits per heavy atom. The number of hydrogen-bond donors (Lipinski definition) is 3. The number of carbonyl (C=O) groups is 1. The van der Waals surface area contributed by atoms with Crippen molar-refractivity contribution in [1.82, 2.24) is 15.1 Å². The number of amides is 1. The summed E-state index contributed by atoms with van der Waals surface area (Å²) in [7, 11) is 1.87. The molecule has 0 aliphatic carbocycles. The summed E-state index contributed by atoms with van der Waals surface area (Å²) < 4.78 is 1.80. The molecule has 0 atom stereocenters. The first kappa shape index (κ1) is 14.7. The molecule has 6 nitrogen and oxygen atoms in total. The fourth-order valence-corrected chi connectivity index (χ4v) is 1.87. The van der Waals surface area contributed by atoms with Gasteiger partial charge in [0.05, 0.1) is 24.9 Å². The molecule has 0 saturated heterocycles. The summed E-state index contributed by atoms with van der Waals surface area (Å²) in [5.41, 5.74) is 3.07. The van der Waals surface area contributed by atoms with Crippen LogP contribution < -0.4 is 5.32 Å². The molecule has 1 amide bonds. The maximum Gasteiger partial charge on any atom is 0.220 e. The first-order valence-electron chi connectivity index (χ1n) is 5.99. The van der Waals surface area contributed by atoms with Crippen molar-refractivity contribution >= 4 is 5.91 Å². The Morgan fingerprint density at radius 3 is 2.44 bits per heavy atom. The zero-order chi connectivity index (χ0) is 13.7. The van der Waals surface area contributed by atoms with Crippen LogP contribution in [0.5, 0.6) is 0 Å². The molecule has 0 spiro atoms. The molecule has 3 N–H and O–H groups in total. The van der Waals surface area contributed by atoms with Crippen LogP contribution in [0.1, 0.15) is 23.4 Å². The van der Waals surface area contributed by atoms with E-state index in [1.165, 1.54) is 0 Å². The maximum absolute atomic E-state index is 11.6. The summed E-state index contributed by atoms with van der Waals surface area (Å²) in [5, 5.41) is 24.6. The SMILES string of the molecule is Cc1nn(C)c(C)c1CCC(=O)NC(CO)CO. The Hall–Kier alpha value is -1.40. The number of hydrogen-bond acceptors (Lipinski definition) is 4. The van der Waals surface area contributed by atoms with Gasteiger partial charge >= 0.3 is 0 Å². The highest BCUT2D eigenvalue weighted by atomic mass is 16.3. The van der Waals surface area contributed by atoms with Gasteiger partial charge in [-0.05, 0) is 25.8 Å². The standard InChI is InChI=1S/C12H21N3O3/c1-8-11(9(2)15(3)14-8)4-5-12(18)13-10(6-16)7-17/h10,16-17H,4-7H2,1-3H3,(H,13,18). The van der Waals surface area contributed by atoms with Crippen molar-refractivity contribution in [2.24, 2.45) is 7.05 Å². The summed E-state index contributed by atoms with van der Waals surface area (Å²) in [6.45, 7) is 3.38. The number of rotatable bonds is 6. The van der Waals surface area contributed by atoms with Gasteiger partial charge in [-0.15, -0.1) is 0 Å². The van der Waals surface area contributed by atoms with Crippen LogP contribution in [-0.4, -0.2) is 45.2 Å². The lowest BCUT2D eigenvalue weighted by Crippen LogP contribution is -2.40. The molecule has 0 bridgehead atoms. The second kappa shape index (κ2) is 6.51. The van der Waals surface area contributed by atoms with Crippen LogP contribution >= 0.6 is 0 Å². The van der Waals surface area contributed by atoms with E-state index in [1.54, 1.807) is 4.68 Å². The lowest BCUT2D eigenvalue weighted by Gasteiger charge is -2.13. The van der Waals surface area contributed by atoms with Gasteiger partial charge in [-0.2, -0.15) is 5.10 Å². The number of aromatic nitrogens is 2. The molecule has 0 aliphatic heterocycles. The molecular formula is C12H21N3O3. The highest BCUT2D eigenvalue weighted by Crippen LogP contribution is 2.13. The zero-order valence-corrected chi connectivity index (χ0v) is 11.1. The van der Waals surface area contributed by atoms with Crippen molar-refractivity contribution in [3.63, 3.8) is 0 Å². The Labute approximate surface area is 107 Å². The first-order chi connectivity index (χ1) is 8.49. The molecule has 18 heavy (non-hydrogen) atoms. The van der Waals surface area contributed by atoms with Crippen molar-refractivity contribution in [2.75, 3.05) is 13.2 Å². The molecule has 0 saturated carbocycles. The van der Waals surface area contributed by atoms with Crippen LogP contribution in [0.3, 0.4) is 0 Å². The second-order valence-corrected chi connectivity index (χ2v) is 4.40. The average molecular weight is 255 g/mol. The zero-order valence-electron chi connectivity index (χ0n) is 11.1. The Bertz CT molecular complexity index is 411. The molecule has 1 aromatic heterocycles. The van der Waals surface area contributed by atoms with Crippen LogP contribution in [-0.2, 0) is 18.3 Å². The highest BCUT2D eigenvalue weighted by molar-refractivity contribution is 5.76. The molecule has 0 radical (unpaired) electrons. The summed E-state index contributed by atoms with van der Waals surface area (Å²) in [4.78, 5) is 11.6. The van der Waals surface area contributed by atoms with E-state index in [1.807, 2.05) is 20.9 Å². The van der Waals surface area contributed by atoms with E-state index in [4.69, 9.17) is 10.2 Å². The van der Waals surface area contributed by atoms with Crippen LogP contribution in [0.15, 0.2) is 0 Å². The number of nitrogens with one attached hydrogen (secondary N) is 1. The minimum absolute atomic E-state index is 0.175. The molecule has 1 rings (SSSR count). The van der Waals surface area contributed by atoms with Crippen molar-refractivity contribution in [2.45, 2.75) is 32.7 Å². The number of aliphatic hydroxyl groups excluding tert-OH is 2. The predicted octanol–water partition coefficient (Wildman–Crippen LogP) is -0.561. The normalized spacial score (nSPS) is 11.0. The molecule has 102 valence electrons. The van der Waals surface area contributed by atoms with Crippen molar-refractivity contribution in [1.29, 1.82) is 0 Å². The van der Waals surface area contributed by atoms with E-state index in [0.717, 1.165) is 17.0 Å². The molecule has 0 fully saturated rings. The number of aryl methyl sites for hydroxylation is 2. The van der Waals surface area contributed by atoms with Gasteiger partial charge in [0.1, 0.15) is 0 Å². The summed E-state index contributed by atoms with van der Waals surface area (Å²) in [6, 6.07) is -0.575. The third-order valence-corrected chi connectivity index (χ3v) is 3.07. The average Bonchev–Trinajstić information content (AvgIpc) is 2.58. The third-order valence-electron chi connectivity index (χ3n) is 3.07. The largest absolute Gasteiger partial charge is 0.394 e. The number of aliphatic hydroxyl groups is 2. The van der Waals surface area contributed by atoms with Crippen LogP contribution in [0.25, 0.3) is 0 Å². The molecule has 0 unspecified atom stereocenters. The Kier molecular flexibility index (Phi) is 5.30. The Balaban J connectivity index is 2.52. The summed E-state index contributed by atoms with van der Waals surface area (Å²) in [5.74, 6) is -0.175. The molecular weight excluding hydrogens is 234 g/mol. The second-order valence-electron chi connectivity index (χ2n) is 4.40. The molecule has 1 heterocycles. The fraction of sp³-hybridized carbons (Fsp3) is 0.667. The van der Waals surface area contributed by atoms with Gasteiger partial charge in [0.25, 0.3) is 0 Å². The topological polar surface area (TPSA) is 87.4 Å². The minimum atomic E-state index is -0.575. The quantitative estimate of drug-likeness (QED) is 0.636. The van der Waals surface area contributed by atoms with E-state index < -0.39 is 6.04 Å². The first-order valence-corrected chi connectivity index (χ1v) is 5.99. The lowest BCUT2D eigenvalue weighted by atomic mass is 10.1. The van der Waals surface area contributed by atoms with Crippen molar-refractivity contribution in [3.05, 3.63) is 17.0 Å². The summed E-state index contributed by atoms with van der Waals surface area (Å²) in [6.07, 6.45) is 0.935. The van der Waals surface area contributed by atoms with E-state index in [2.05, 4.69) is 10.4 Å². The lowest BCUT2D eigenvalue weighted by molar-refractivity contribution is -0.122. The highest BCUT2D eigenvalue weighted by Gasteiger charge is 2.13. The van der Waals surface area contributed by atoms with E-state index in [0.29, 0.717) is 12.8 Å². The monoisotopic (exact) mass is 255 g/mol. The van der Waals surface area contributed by atoms with E-state index >= 15 is 0 Å². The fourth-order valence-electron chi connectivity index (χ4n) is 1.87. The molecule has 6 heteroatoms. The molecule has 0 aliphatic rings. The predicted molar refractivity (Wildman–Crippen MR) is 67.1 cm³/mol. The third kappa shape index (κ3) is 3.54. The maximum atomic E-state index is 11.6. The van der Waals surface area contributed by atoms with Gasteiger partial charge in [0, 0.05) is 19.2 Å². The van der Waals surface area contributed by atoms with Crippen LogP contribution in [0.4, 0.5) is 0 Å². The van der Waals surface area contributed by atoms with E-state index in [9.17, 15) is 4.79 Å². The van der Waals surface area contributed by atoms with Gasteiger partial charge in [-0.25, -0.2) is 0 Å². The Morgan fingerprint density at radius 1 is 1.39 bits per heavy atom. The van der Waals surface area contributed by atoms with Gasteiger partial charge in [-0.3, -0.25) is 9.48 Å². The number of nitrogens with zero attached hydrogens (tertiary/aromatic N) is 2. The smallest absolute Gasteiger partial charge is 0.220 e. The van der Waals surface area contributed by atoms with Crippen molar-refractivity contribution in [3.8, 4) is 0 Å². The minimum Gasteiger partial charge on any atom is -0.394 e. The van der Waals surface area contributed by atoms with Crippen LogP contribution in [0.2, 0.25) is 0 Å². The van der Waals surface area contributed by atoms with Gasteiger partial charge in [0.2, 0.25) is 5.91 Å². The molecule has 0 aromatic carbocycles. The summed E-state index contributed by atoms with van der Waals surface area (Å²) >= 11 is 0. The van der Waals surface area contributed by atoms with Gasteiger partial charge in [0.15, 0.2) is 0 Å². The molecule has 1 aromatic rings. The van der Waals surface area contributed by atoms with E-state index in [-0.39, 0.29) is 19.1 Å². The van der Waals surface area contributed by atoms with Crippen molar-refractivity contribution < 1.29 is 15.0 Å². The van der Waals surface area contributed by atoms with Gasteiger partial charge < -0.3 is 15.5 Å². The number of carbonyl (C=O) groups excluding carboxylic acids is 1. The van der Waals surface area contributed by atoms with Gasteiger partial charge in [-0.1, -0.05) is 0 Å².